The van der Waals surface area contributed by atoms with Crippen molar-refractivity contribution in [3.63, 3.8) is 0 Å². The lowest BCUT2D eigenvalue weighted by molar-refractivity contribution is -0.177. The maximum Gasteiger partial charge on any atom is 0.159 e. The fourth-order valence-corrected chi connectivity index (χ4v) is 8.32. The Kier molecular flexibility index (Phi) is 6.24. The van der Waals surface area contributed by atoms with Gasteiger partial charge in [-0.3, -0.25) is 4.79 Å². The average Bonchev–Trinajstić information content (AvgIpc) is 3.00. The summed E-state index contributed by atoms with van der Waals surface area (Å²) < 4.78 is 0. The SMILES string of the molecule is CC(C)(O)CC[C@@H](O)[C@@](C)(O)C1CC[C@@]2(O)C3=CC(=O)[C@@H]4C[C@H](O)[C@@H](O)C[C@]4(C)C3CC[C@]12C. The molecule has 194 valence electrons. The van der Waals surface area contributed by atoms with Gasteiger partial charge >= 0.3 is 0 Å². The van der Waals surface area contributed by atoms with Crippen molar-refractivity contribution in [1.29, 1.82) is 0 Å². The lowest BCUT2D eigenvalue weighted by atomic mass is 9.45. The number of carbonyl (C=O) groups excluding carboxylic acids is 1. The normalized spacial score (nSPS) is 47.2. The van der Waals surface area contributed by atoms with Gasteiger partial charge in [0.1, 0.15) is 0 Å². The van der Waals surface area contributed by atoms with Gasteiger partial charge in [-0.15, -0.1) is 0 Å². The van der Waals surface area contributed by atoms with Gasteiger partial charge in [0.2, 0.25) is 0 Å². The summed E-state index contributed by atoms with van der Waals surface area (Å²) in [5, 5.41) is 65.5. The third-order valence-corrected chi connectivity index (χ3v) is 10.5. The molecule has 7 nitrogen and oxygen atoms in total. The van der Waals surface area contributed by atoms with Crippen molar-refractivity contribution in [2.24, 2.45) is 28.6 Å². The minimum atomic E-state index is -1.46. The third kappa shape index (κ3) is 3.73. The zero-order valence-corrected chi connectivity index (χ0v) is 21.3. The molecule has 3 fully saturated rings. The van der Waals surface area contributed by atoms with Crippen molar-refractivity contribution >= 4 is 5.78 Å². The van der Waals surface area contributed by atoms with Crippen molar-refractivity contribution in [3.05, 3.63) is 11.6 Å². The number of fused-ring (bicyclic) bond motifs is 5. The molecule has 0 radical (unpaired) electrons. The van der Waals surface area contributed by atoms with Crippen molar-refractivity contribution in [1.82, 2.24) is 0 Å². The largest absolute Gasteiger partial charge is 0.390 e. The maximum absolute atomic E-state index is 13.2. The molecule has 34 heavy (non-hydrogen) atoms. The van der Waals surface area contributed by atoms with Crippen molar-refractivity contribution in [3.8, 4) is 0 Å². The molecule has 2 unspecified atom stereocenters. The van der Waals surface area contributed by atoms with Crippen LogP contribution in [0.25, 0.3) is 0 Å². The first kappa shape index (κ1) is 26.2. The molecule has 0 aromatic carbocycles. The Labute approximate surface area is 202 Å². The van der Waals surface area contributed by atoms with Gasteiger partial charge < -0.3 is 30.6 Å². The first-order valence-electron chi connectivity index (χ1n) is 12.9. The molecule has 0 spiro atoms. The zero-order chi connectivity index (χ0) is 25.5. The van der Waals surface area contributed by atoms with E-state index in [0.29, 0.717) is 44.1 Å². The lowest BCUT2D eigenvalue weighted by Gasteiger charge is -2.60. The Morgan fingerprint density at radius 1 is 1.06 bits per heavy atom. The topological polar surface area (TPSA) is 138 Å². The Hall–Kier alpha value is -0.830. The van der Waals surface area contributed by atoms with Crippen LogP contribution in [0.5, 0.6) is 0 Å². The van der Waals surface area contributed by atoms with E-state index < -0.39 is 45.9 Å². The van der Waals surface area contributed by atoms with Gasteiger partial charge in [0.25, 0.3) is 0 Å². The smallest absolute Gasteiger partial charge is 0.159 e. The quantitative estimate of drug-likeness (QED) is 0.353. The summed E-state index contributed by atoms with van der Waals surface area (Å²) >= 11 is 0. The molecule has 0 aliphatic heterocycles. The van der Waals surface area contributed by atoms with Gasteiger partial charge in [-0.2, -0.15) is 0 Å². The first-order chi connectivity index (χ1) is 15.5. The highest BCUT2D eigenvalue weighted by Gasteiger charge is 2.69. The number of rotatable bonds is 5. The Bertz CT molecular complexity index is 860. The van der Waals surface area contributed by atoms with E-state index in [1.165, 1.54) is 0 Å². The van der Waals surface area contributed by atoms with Crippen LogP contribution in [-0.2, 0) is 4.79 Å². The van der Waals surface area contributed by atoms with E-state index in [1.54, 1.807) is 26.8 Å². The van der Waals surface area contributed by atoms with Crippen molar-refractivity contribution in [2.45, 2.75) is 121 Å². The van der Waals surface area contributed by atoms with Crippen LogP contribution < -0.4 is 0 Å². The molecule has 4 rings (SSSR count). The van der Waals surface area contributed by atoms with E-state index in [1.807, 2.05) is 13.8 Å². The number of hydrogen-bond donors (Lipinski definition) is 6. The second-order valence-corrected chi connectivity index (χ2v) is 13.2. The van der Waals surface area contributed by atoms with Crippen LogP contribution >= 0.6 is 0 Å². The molecule has 0 saturated heterocycles. The standard InChI is InChI=1S/C27H44O7/c1-23(2,32)9-8-22(31)26(5,33)21-7-11-27(34)16-12-18(28)17-13-19(29)20(30)14-24(17,3)15(16)6-10-25(21,27)4/h12,15,17,19-22,29-34H,6-11,13-14H2,1-5H3/t15?,17-,19-,20-,21?,22+,24+,25+,26-,27+/m0/s1. The second kappa shape index (κ2) is 8.09. The summed E-state index contributed by atoms with van der Waals surface area (Å²) in [5.41, 5.74) is -4.27. The summed E-state index contributed by atoms with van der Waals surface area (Å²) in [6, 6.07) is 0. The number of aliphatic hydroxyl groups is 6. The molecular weight excluding hydrogens is 436 g/mol. The van der Waals surface area contributed by atoms with Crippen molar-refractivity contribution < 1.29 is 35.4 Å². The Balaban J connectivity index is 1.66. The van der Waals surface area contributed by atoms with Gasteiger partial charge in [-0.05, 0) is 101 Å². The molecule has 4 aliphatic carbocycles. The summed E-state index contributed by atoms with van der Waals surface area (Å²) in [4.78, 5) is 13.2. The van der Waals surface area contributed by atoms with Crippen molar-refractivity contribution in [2.75, 3.05) is 0 Å². The number of allylic oxidation sites excluding steroid dienone is 1. The van der Waals surface area contributed by atoms with Gasteiger partial charge in [0.15, 0.2) is 5.78 Å². The molecule has 0 aromatic rings. The highest BCUT2D eigenvalue weighted by Crippen LogP contribution is 2.68. The summed E-state index contributed by atoms with van der Waals surface area (Å²) in [5.74, 6) is -0.948. The van der Waals surface area contributed by atoms with Crippen LogP contribution in [0.2, 0.25) is 0 Å². The molecule has 3 saturated carbocycles. The number of carbonyl (C=O) groups is 1. The van der Waals surface area contributed by atoms with Gasteiger partial charge in [-0.1, -0.05) is 13.8 Å². The third-order valence-electron chi connectivity index (χ3n) is 10.5. The highest BCUT2D eigenvalue weighted by molar-refractivity contribution is 5.95. The Morgan fingerprint density at radius 3 is 2.32 bits per heavy atom. The summed E-state index contributed by atoms with van der Waals surface area (Å²) in [6.07, 6.45) is 2.11. The van der Waals surface area contributed by atoms with Crippen LogP contribution in [0.4, 0.5) is 0 Å². The van der Waals surface area contributed by atoms with Crippen LogP contribution in [0.3, 0.4) is 0 Å². The fraction of sp³-hybridized carbons (Fsp3) is 0.889. The molecular formula is C27H44O7. The predicted molar refractivity (Wildman–Crippen MR) is 127 cm³/mol. The number of hydrogen-bond acceptors (Lipinski definition) is 7. The van der Waals surface area contributed by atoms with Crippen LogP contribution in [-0.4, -0.2) is 71.5 Å². The van der Waals surface area contributed by atoms with E-state index in [2.05, 4.69) is 0 Å². The molecule has 6 N–H and O–H groups in total. The Morgan fingerprint density at radius 2 is 1.71 bits per heavy atom. The summed E-state index contributed by atoms with van der Waals surface area (Å²) in [6.45, 7) is 8.96. The van der Waals surface area contributed by atoms with E-state index in [-0.39, 0.29) is 36.4 Å². The van der Waals surface area contributed by atoms with Gasteiger partial charge in [0.05, 0.1) is 35.1 Å². The minimum Gasteiger partial charge on any atom is -0.390 e. The highest BCUT2D eigenvalue weighted by atomic mass is 16.3. The molecule has 0 heterocycles. The van der Waals surface area contributed by atoms with Crippen LogP contribution in [0.1, 0.15) is 86.0 Å². The zero-order valence-electron chi connectivity index (χ0n) is 21.3. The molecule has 0 bridgehead atoms. The predicted octanol–water partition coefficient (Wildman–Crippen LogP) is 1.85. The molecule has 7 heteroatoms. The number of ketones is 1. The van der Waals surface area contributed by atoms with Crippen LogP contribution in [0, 0.1) is 28.6 Å². The first-order valence-corrected chi connectivity index (χ1v) is 12.9. The van der Waals surface area contributed by atoms with Crippen LogP contribution in [0.15, 0.2) is 11.6 Å². The van der Waals surface area contributed by atoms with E-state index in [9.17, 15) is 35.4 Å². The molecule has 0 amide bonds. The second-order valence-electron chi connectivity index (χ2n) is 13.2. The maximum atomic E-state index is 13.2. The van der Waals surface area contributed by atoms with E-state index in [0.717, 1.165) is 0 Å². The van der Waals surface area contributed by atoms with Gasteiger partial charge in [-0.25, -0.2) is 0 Å². The summed E-state index contributed by atoms with van der Waals surface area (Å²) in [7, 11) is 0. The molecule has 0 aromatic heterocycles. The number of aliphatic hydroxyl groups excluding tert-OH is 3. The monoisotopic (exact) mass is 480 g/mol. The van der Waals surface area contributed by atoms with Gasteiger partial charge in [0, 0.05) is 11.3 Å². The lowest BCUT2D eigenvalue weighted by Crippen LogP contribution is -2.62. The molecule has 4 aliphatic rings. The minimum absolute atomic E-state index is 0.0840. The average molecular weight is 481 g/mol. The van der Waals surface area contributed by atoms with E-state index >= 15 is 0 Å². The fourth-order valence-electron chi connectivity index (χ4n) is 8.32. The van der Waals surface area contributed by atoms with E-state index in [4.69, 9.17) is 0 Å². The molecule has 10 atom stereocenters.